The Bertz CT molecular complexity index is 787. The number of hydroxylamine groups is 1. The summed E-state index contributed by atoms with van der Waals surface area (Å²) < 4.78 is 0. The first-order valence-electron chi connectivity index (χ1n) is 8.68. The number of halogens is 1. The van der Waals surface area contributed by atoms with Crippen LogP contribution in [0.25, 0.3) is 16.7 Å². The lowest BCUT2D eigenvalue weighted by Gasteiger charge is -2.45. The maximum Gasteiger partial charge on any atom is 0.0879 e. The number of rotatable bonds is 3. The quantitative estimate of drug-likeness (QED) is 0.548. The molecule has 0 saturated carbocycles. The Balaban J connectivity index is 2.13. The van der Waals surface area contributed by atoms with Gasteiger partial charge in [-0.25, -0.2) is 5.06 Å². The summed E-state index contributed by atoms with van der Waals surface area (Å²) in [4.78, 5) is 6.33. The molecule has 0 spiro atoms. The van der Waals surface area contributed by atoms with Crippen molar-refractivity contribution in [2.45, 2.75) is 45.8 Å². The molecular formula is C22H26BrNO. The summed E-state index contributed by atoms with van der Waals surface area (Å²) in [5, 5.41) is 2.88. The zero-order valence-corrected chi connectivity index (χ0v) is 17.2. The zero-order valence-electron chi connectivity index (χ0n) is 15.6. The second-order valence-electron chi connectivity index (χ2n) is 8.05. The third-order valence-corrected chi connectivity index (χ3v) is 4.83. The second-order valence-corrected chi connectivity index (χ2v) is 8.61. The van der Waals surface area contributed by atoms with Crippen LogP contribution in [-0.4, -0.2) is 16.5 Å². The van der Waals surface area contributed by atoms with E-state index in [1.807, 2.05) is 6.07 Å². The van der Waals surface area contributed by atoms with Crippen molar-refractivity contribution in [2.75, 3.05) is 10.4 Å². The first kappa shape index (κ1) is 18.2. The number of fused-ring (bicyclic) bond motifs is 1. The molecule has 0 aliphatic carbocycles. The van der Waals surface area contributed by atoms with E-state index < -0.39 is 0 Å². The minimum atomic E-state index is -0.258. The number of alkyl halides is 1. The molecule has 0 radical (unpaired) electrons. The lowest BCUT2D eigenvalue weighted by molar-refractivity contribution is -0.0416. The molecule has 0 N–H and O–H groups in total. The van der Waals surface area contributed by atoms with Crippen molar-refractivity contribution in [2.24, 2.45) is 0 Å². The van der Waals surface area contributed by atoms with Gasteiger partial charge < -0.3 is 0 Å². The van der Waals surface area contributed by atoms with Gasteiger partial charge in [-0.3, -0.25) is 4.84 Å². The number of allylic oxidation sites excluding steroid dienone is 1. The highest BCUT2D eigenvalue weighted by molar-refractivity contribution is 9.09. The largest absolute Gasteiger partial charge is 0.267 e. The Morgan fingerprint density at radius 1 is 1.00 bits per heavy atom. The number of nitrogens with zero attached hydrogens (tertiary/aromatic N) is 1. The number of hydrogen-bond acceptors (Lipinski definition) is 2. The zero-order chi connectivity index (χ0) is 18.2. The predicted octanol–water partition coefficient (Wildman–Crippen LogP) is 6.46. The van der Waals surface area contributed by atoms with Gasteiger partial charge in [-0.05, 0) is 63.5 Å². The molecule has 0 atom stereocenters. The van der Waals surface area contributed by atoms with Crippen LogP contribution in [-0.2, 0) is 4.84 Å². The maximum absolute atomic E-state index is 6.33. The number of anilines is 1. The minimum absolute atomic E-state index is 0.211. The van der Waals surface area contributed by atoms with E-state index in [2.05, 4.69) is 104 Å². The average molecular weight is 400 g/mol. The lowest BCUT2D eigenvalue weighted by atomic mass is 9.89. The Morgan fingerprint density at radius 2 is 1.68 bits per heavy atom. The van der Waals surface area contributed by atoms with Crippen molar-refractivity contribution in [3.63, 3.8) is 0 Å². The molecule has 1 aliphatic heterocycles. The Morgan fingerprint density at radius 3 is 2.28 bits per heavy atom. The monoisotopic (exact) mass is 399 g/mol. The van der Waals surface area contributed by atoms with Gasteiger partial charge in [-0.2, -0.15) is 0 Å². The van der Waals surface area contributed by atoms with Crippen LogP contribution in [0, 0.1) is 0 Å². The van der Waals surface area contributed by atoms with E-state index in [1.165, 1.54) is 22.3 Å². The van der Waals surface area contributed by atoms with Crippen LogP contribution >= 0.6 is 15.9 Å². The normalized spacial score (nSPS) is 16.4. The van der Waals surface area contributed by atoms with Crippen LogP contribution < -0.4 is 5.06 Å². The molecule has 0 fully saturated rings. The van der Waals surface area contributed by atoms with E-state index in [9.17, 15) is 0 Å². The van der Waals surface area contributed by atoms with Crippen LogP contribution in [0.2, 0.25) is 0 Å². The first-order chi connectivity index (χ1) is 11.7. The number of hydrogen-bond donors (Lipinski definition) is 0. The van der Waals surface area contributed by atoms with Crippen LogP contribution in [0.4, 0.5) is 5.69 Å². The summed E-state index contributed by atoms with van der Waals surface area (Å²) in [6, 6.07) is 17.1. The van der Waals surface area contributed by atoms with E-state index in [0.717, 1.165) is 11.0 Å². The van der Waals surface area contributed by atoms with Gasteiger partial charge in [0.05, 0.1) is 16.8 Å². The standard InChI is InChI=1S/C22H26BrNO/c1-21(2,3)25-24-20-12-11-17(16-9-7-6-8-10-16)13-19(20)18(15-23)14-22(24,4)5/h6-14H,15H2,1-5H3. The molecule has 25 heavy (non-hydrogen) atoms. The van der Waals surface area contributed by atoms with Crippen molar-refractivity contribution in [1.82, 2.24) is 0 Å². The molecule has 0 aromatic heterocycles. The molecule has 0 amide bonds. The Kier molecular flexibility index (Phi) is 4.82. The van der Waals surface area contributed by atoms with Crippen molar-refractivity contribution in [3.8, 4) is 11.1 Å². The van der Waals surface area contributed by atoms with E-state index in [4.69, 9.17) is 4.84 Å². The van der Waals surface area contributed by atoms with Crippen LogP contribution in [0.15, 0.2) is 54.6 Å². The summed E-state index contributed by atoms with van der Waals surface area (Å²) in [5.74, 6) is 0. The summed E-state index contributed by atoms with van der Waals surface area (Å²) in [6.45, 7) is 10.6. The van der Waals surface area contributed by atoms with Gasteiger partial charge in [-0.1, -0.05) is 58.4 Å². The molecule has 3 rings (SSSR count). The molecule has 1 heterocycles. The molecular weight excluding hydrogens is 374 g/mol. The smallest absolute Gasteiger partial charge is 0.0879 e. The summed E-state index contributed by atoms with van der Waals surface area (Å²) in [6.07, 6.45) is 2.30. The first-order valence-corrected chi connectivity index (χ1v) is 9.80. The lowest BCUT2D eigenvalue weighted by Crippen LogP contribution is -2.49. The highest BCUT2D eigenvalue weighted by atomic mass is 79.9. The van der Waals surface area contributed by atoms with Crippen LogP contribution in [0.1, 0.15) is 40.2 Å². The third-order valence-electron chi connectivity index (χ3n) is 4.23. The predicted molar refractivity (Wildman–Crippen MR) is 111 cm³/mol. The molecule has 2 aromatic rings. The molecule has 0 bridgehead atoms. The average Bonchev–Trinajstić information content (AvgIpc) is 2.56. The molecule has 0 saturated heterocycles. The molecule has 0 unspecified atom stereocenters. The highest BCUT2D eigenvalue weighted by Crippen LogP contribution is 2.42. The van der Waals surface area contributed by atoms with E-state index in [0.29, 0.717) is 0 Å². The summed E-state index contributed by atoms with van der Waals surface area (Å²) >= 11 is 3.67. The third kappa shape index (κ3) is 3.83. The second kappa shape index (κ2) is 6.62. The van der Waals surface area contributed by atoms with Gasteiger partial charge in [0, 0.05) is 10.9 Å². The van der Waals surface area contributed by atoms with Gasteiger partial charge in [0.25, 0.3) is 0 Å². The van der Waals surface area contributed by atoms with E-state index >= 15 is 0 Å². The minimum Gasteiger partial charge on any atom is -0.267 e. The van der Waals surface area contributed by atoms with Crippen molar-refractivity contribution < 1.29 is 4.84 Å². The van der Waals surface area contributed by atoms with Crippen molar-refractivity contribution in [3.05, 3.63) is 60.2 Å². The fourth-order valence-electron chi connectivity index (χ4n) is 3.20. The van der Waals surface area contributed by atoms with Gasteiger partial charge in [0.1, 0.15) is 0 Å². The molecule has 2 nitrogen and oxygen atoms in total. The van der Waals surface area contributed by atoms with Crippen LogP contribution in [0.3, 0.4) is 0 Å². The highest BCUT2D eigenvalue weighted by Gasteiger charge is 2.35. The SMILES string of the molecule is CC(C)(C)ON1c2ccc(-c3ccccc3)cc2C(CBr)=CC1(C)C. The topological polar surface area (TPSA) is 12.5 Å². The van der Waals surface area contributed by atoms with Gasteiger partial charge >= 0.3 is 0 Å². The van der Waals surface area contributed by atoms with Crippen molar-refractivity contribution in [1.29, 1.82) is 0 Å². The molecule has 3 heteroatoms. The molecule has 132 valence electrons. The molecule has 2 aromatic carbocycles. The van der Waals surface area contributed by atoms with E-state index in [1.54, 1.807) is 0 Å². The van der Waals surface area contributed by atoms with Crippen LogP contribution in [0.5, 0.6) is 0 Å². The van der Waals surface area contributed by atoms with Gasteiger partial charge in [0.15, 0.2) is 0 Å². The van der Waals surface area contributed by atoms with Gasteiger partial charge in [0.2, 0.25) is 0 Å². The maximum atomic E-state index is 6.33. The number of benzene rings is 2. The summed E-state index contributed by atoms with van der Waals surface area (Å²) in [7, 11) is 0. The molecule has 1 aliphatic rings. The van der Waals surface area contributed by atoms with Crippen molar-refractivity contribution >= 4 is 27.2 Å². The fraction of sp³-hybridized carbons (Fsp3) is 0.364. The summed E-state index contributed by atoms with van der Waals surface area (Å²) in [5.41, 5.74) is 5.63. The van der Waals surface area contributed by atoms with Gasteiger partial charge in [-0.15, -0.1) is 0 Å². The Labute approximate surface area is 159 Å². The van der Waals surface area contributed by atoms with E-state index in [-0.39, 0.29) is 11.1 Å². The fourth-order valence-corrected chi connectivity index (χ4v) is 3.67. The Hall–Kier alpha value is -1.58.